The monoisotopic (exact) mass is 471 g/mol. The summed E-state index contributed by atoms with van der Waals surface area (Å²) in [4.78, 5) is 25.9. The zero-order valence-electron chi connectivity index (χ0n) is 18.4. The van der Waals surface area contributed by atoms with E-state index in [4.69, 9.17) is 30.6 Å². The van der Waals surface area contributed by atoms with E-state index < -0.39 is 5.97 Å². The number of nitrogens with zero attached hydrogens (tertiary/aromatic N) is 1. The first-order chi connectivity index (χ1) is 16.0. The summed E-state index contributed by atoms with van der Waals surface area (Å²) in [5.41, 5.74) is 0.781. The van der Waals surface area contributed by atoms with Crippen LogP contribution in [0.4, 0.5) is 0 Å². The van der Waals surface area contributed by atoms with Crippen molar-refractivity contribution in [2.45, 2.75) is 19.8 Å². The number of ether oxygens (including phenoxy) is 2. The maximum Gasteiger partial charge on any atom is 0.307 e. The number of benzene rings is 2. The van der Waals surface area contributed by atoms with Crippen molar-refractivity contribution in [1.29, 1.82) is 0 Å². The van der Waals surface area contributed by atoms with Gasteiger partial charge in [0.25, 0.3) is 0 Å². The molecule has 2 aromatic carbocycles. The van der Waals surface area contributed by atoms with Gasteiger partial charge >= 0.3 is 5.97 Å². The van der Waals surface area contributed by atoms with E-state index in [2.05, 4.69) is 4.90 Å². The maximum absolute atomic E-state index is 12.7. The van der Waals surface area contributed by atoms with Gasteiger partial charge in [-0.25, -0.2) is 0 Å². The molecule has 0 aliphatic carbocycles. The Labute approximate surface area is 196 Å². The van der Waals surface area contributed by atoms with Gasteiger partial charge in [-0.2, -0.15) is 0 Å². The van der Waals surface area contributed by atoms with Gasteiger partial charge in [0, 0.05) is 25.2 Å². The Morgan fingerprint density at radius 2 is 2.09 bits per heavy atom. The summed E-state index contributed by atoms with van der Waals surface area (Å²) in [5.74, 6) is 0.537. The zero-order chi connectivity index (χ0) is 23.4. The molecule has 174 valence electrons. The number of carboxylic acid groups (broad SMARTS) is 1. The Balaban J connectivity index is 1.53. The van der Waals surface area contributed by atoms with Gasteiger partial charge < -0.3 is 23.9 Å². The lowest BCUT2D eigenvalue weighted by atomic mass is 10.1. The molecule has 0 radical (unpaired) electrons. The summed E-state index contributed by atoms with van der Waals surface area (Å²) in [6.45, 7) is 4.95. The van der Waals surface area contributed by atoms with Gasteiger partial charge in [-0.15, -0.1) is 0 Å². The molecule has 7 nitrogen and oxygen atoms in total. The minimum Gasteiger partial charge on any atom is -0.494 e. The summed E-state index contributed by atoms with van der Waals surface area (Å²) < 4.78 is 17.7. The first kappa shape index (κ1) is 23.1. The molecule has 1 aromatic heterocycles. The van der Waals surface area contributed by atoms with Crippen molar-refractivity contribution >= 4 is 28.5 Å². The third kappa shape index (κ3) is 5.31. The van der Waals surface area contributed by atoms with Crippen LogP contribution in [0.15, 0.2) is 51.7 Å². The summed E-state index contributed by atoms with van der Waals surface area (Å²) in [6, 6.07) is 11.9. The minimum atomic E-state index is -0.733. The largest absolute Gasteiger partial charge is 0.494 e. The smallest absolute Gasteiger partial charge is 0.307 e. The minimum absolute atomic E-state index is 0.185. The number of aliphatic carboxylic acids is 1. The number of halogens is 1. The van der Waals surface area contributed by atoms with Crippen molar-refractivity contribution in [3.05, 3.63) is 57.7 Å². The van der Waals surface area contributed by atoms with Crippen LogP contribution in [0.2, 0.25) is 5.02 Å². The number of carbonyl (C=O) groups is 1. The number of para-hydroxylation sites is 1. The fraction of sp³-hybridized carbons (Fsp3) is 0.360. The number of hydrogen-bond acceptors (Lipinski definition) is 6. The molecule has 1 N–H and O–H groups in total. The van der Waals surface area contributed by atoms with Crippen molar-refractivity contribution in [3.63, 3.8) is 0 Å². The molecule has 3 aromatic rings. The highest BCUT2D eigenvalue weighted by Gasteiger charge is 2.27. The highest BCUT2D eigenvalue weighted by Crippen LogP contribution is 2.35. The fourth-order valence-electron chi connectivity index (χ4n) is 4.07. The van der Waals surface area contributed by atoms with E-state index in [1.807, 2.05) is 6.92 Å². The van der Waals surface area contributed by atoms with Crippen molar-refractivity contribution in [3.8, 4) is 22.8 Å². The molecule has 1 fully saturated rings. The van der Waals surface area contributed by atoms with Gasteiger partial charge in [-0.3, -0.25) is 9.59 Å². The standard InChI is InChI=1S/C25H26ClNO6/c1-2-31-17-7-8-19(23-14-21(28)18-5-3-6-20(26)24(18)33-23)22(13-17)32-12-4-10-27-11-9-16(15-27)25(29)30/h3,5-8,13-14,16H,2,4,9-12,15H2,1H3,(H,29,30)/t16-/m0/s1. The van der Waals surface area contributed by atoms with Gasteiger partial charge in [-0.1, -0.05) is 17.7 Å². The van der Waals surface area contributed by atoms with Crippen LogP contribution < -0.4 is 14.9 Å². The second kappa shape index (κ2) is 10.3. The zero-order valence-corrected chi connectivity index (χ0v) is 19.1. The molecule has 1 aliphatic heterocycles. The second-order valence-corrected chi connectivity index (χ2v) is 8.42. The molecule has 1 saturated heterocycles. The third-order valence-corrected chi connectivity index (χ3v) is 6.03. The molecular weight excluding hydrogens is 446 g/mol. The highest BCUT2D eigenvalue weighted by molar-refractivity contribution is 6.34. The average Bonchev–Trinajstić information content (AvgIpc) is 3.27. The predicted molar refractivity (Wildman–Crippen MR) is 126 cm³/mol. The van der Waals surface area contributed by atoms with E-state index in [1.54, 1.807) is 36.4 Å². The second-order valence-electron chi connectivity index (χ2n) is 8.01. The first-order valence-electron chi connectivity index (χ1n) is 11.0. The van der Waals surface area contributed by atoms with E-state index in [0.29, 0.717) is 65.0 Å². The van der Waals surface area contributed by atoms with Crippen LogP contribution in [0.5, 0.6) is 11.5 Å². The number of carboxylic acids is 1. The van der Waals surface area contributed by atoms with Crippen LogP contribution in [0.3, 0.4) is 0 Å². The Morgan fingerprint density at radius 3 is 2.85 bits per heavy atom. The van der Waals surface area contributed by atoms with E-state index >= 15 is 0 Å². The Morgan fingerprint density at radius 1 is 1.24 bits per heavy atom. The molecule has 8 heteroatoms. The SMILES string of the molecule is CCOc1ccc(-c2cc(=O)c3cccc(Cl)c3o2)c(OCCCN2CC[C@H](C(=O)O)C2)c1. The number of likely N-dealkylation sites (tertiary alicyclic amines) is 1. The van der Waals surface area contributed by atoms with Gasteiger partial charge in [0.15, 0.2) is 11.0 Å². The summed E-state index contributed by atoms with van der Waals surface area (Å²) in [6.07, 6.45) is 1.42. The number of hydrogen-bond donors (Lipinski definition) is 1. The van der Waals surface area contributed by atoms with E-state index in [1.165, 1.54) is 6.07 Å². The van der Waals surface area contributed by atoms with E-state index in [-0.39, 0.29) is 11.3 Å². The molecule has 2 heterocycles. The van der Waals surface area contributed by atoms with Crippen LogP contribution in [0.25, 0.3) is 22.3 Å². The van der Waals surface area contributed by atoms with Crippen molar-refractivity contribution < 1.29 is 23.8 Å². The average molecular weight is 472 g/mol. The molecular formula is C25H26ClNO6. The van der Waals surface area contributed by atoms with Crippen LogP contribution in [-0.4, -0.2) is 48.8 Å². The maximum atomic E-state index is 12.7. The molecule has 4 rings (SSSR count). The molecule has 33 heavy (non-hydrogen) atoms. The topological polar surface area (TPSA) is 89.2 Å². The lowest BCUT2D eigenvalue weighted by molar-refractivity contribution is -0.141. The Hall–Kier alpha value is -3.03. The summed E-state index contributed by atoms with van der Waals surface area (Å²) in [7, 11) is 0. The molecule has 0 bridgehead atoms. The van der Waals surface area contributed by atoms with Gasteiger partial charge in [0.1, 0.15) is 17.3 Å². The van der Waals surface area contributed by atoms with Gasteiger partial charge in [0.05, 0.1) is 35.1 Å². The van der Waals surface area contributed by atoms with E-state index in [0.717, 1.165) is 19.5 Å². The Bertz CT molecular complexity index is 1210. The molecule has 1 aliphatic rings. The van der Waals surface area contributed by atoms with Gasteiger partial charge in [0.2, 0.25) is 0 Å². The van der Waals surface area contributed by atoms with Crippen LogP contribution >= 0.6 is 11.6 Å². The highest BCUT2D eigenvalue weighted by atomic mass is 35.5. The van der Waals surface area contributed by atoms with Gasteiger partial charge in [-0.05, 0) is 50.6 Å². The van der Waals surface area contributed by atoms with Crippen molar-refractivity contribution in [2.75, 3.05) is 32.8 Å². The summed E-state index contributed by atoms with van der Waals surface area (Å²) in [5, 5.41) is 9.95. The van der Waals surface area contributed by atoms with E-state index in [9.17, 15) is 9.59 Å². The normalized spacial score (nSPS) is 16.2. The first-order valence-corrected chi connectivity index (χ1v) is 11.4. The molecule has 1 atom stereocenters. The lowest BCUT2D eigenvalue weighted by Crippen LogP contribution is -2.25. The third-order valence-electron chi connectivity index (χ3n) is 5.73. The van der Waals surface area contributed by atoms with Crippen LogP contribution in [-0.2, 0) is 4.79 Å². The lowest BCUT2D eigenvalue weighted by Gasteiger charge is -2.17. The van der Waals surface area contributed by atoms with Crippen molar-refractivity contribution in [2.24, 2.45) is 5.92 Å². The fourth-order valence-corrected chi connectivity index (χ4v) is 4.28. The number of rotatable bonds is 9. The Kier molecular flexibility index (Phi) is 7.20. The summed E-state index contributed by atoms with van der Waals surface area (Å²) >= 11 is 6.26. The van der Waals surface area contributed by atoms with Crippen molar-refractivity contribution in [1.82, 2.24) is 4.90 Å². The quantitative estimate of drug-likeness (QED) is 0.453. The number of fused-ring (bicyclic) bond motifs is 1. The molecule has 0 unspecified atom stereocenters. The van der Waals surface area contributed by atoms with Crippen LogP contribution in [0, 0.1) is 5.92 Å². The molecule has 0 saturated carbocycles. The van der Waals surface area contributed by atoms with Crippen LogP contribution in [0.1, 0.15) is 19.8 Å². The predicted octanol–water partition coefficient (Wildman–Crippen LogP) is 4.69. The molecule has 0 spiro atoms. The molecule has 0 amide bonds.